The van der Waals surface area contributed by atoms with Gasteiger partial charge in [-0.25, -0.2) is 4.39 Å². The molecule has 0 saturated heterocycles. The fraction of sp³-hybridized carbons (Fsp3) is 0.480. The molecule has 1 fully saturated rings. The van der Waals surface area contributed by atoms with Crippen LogP contribution in [0, 0.1) is 23.6 Å². The summed E-state index contributed by atoms with van der Waals surface area (Å²) in [6.45, 7) is 6.18. The Kier molecular flexibility index (Phi) is 4.92. The summed E-state index contributed by atoms with van der Waals surface area (Å²) in [7, 11) is 0. The molecule has 0 radical (unpaired) electrons. The minimum atomic E-state index is -0.234. The largest absolute Gasteiger partial charge is 0.342 e. The maximum absolute atomic E-state index is 13.5. The average molecular weight is 408 g/mol. The van der Waals surface area contributed by atoms with Gasteiger partial charge in [-0.3, -0.25) is 9.80 Å². The Bertz CT molecular complexity index is 942. The first-order chi connectivity index (χ1) is 14.6. The number of hydrogen-bond acceptors (Lipinski definition) is 3. The molecule has 1 heterocycles. The lowest BCUT2D eigenvalue weighted by molar-refractivity contribution is -0.134. The van der Waals surface area contributed by atoms with E-state index in [9.17, 15) is 9.18 Å². The van der Waals surface area contributed by atoms with Gasteiger partial charge < -0.3 is 10.3 Å². The summed E-state index contributed by atoms with van der Waals surface area (Å²) in [6.07, 6.45) is 9.70. The Morgan fingerprint density at radius 1 is 1.23 bits per heavy atom. The van der Waals surface area contributed by atoms with E-state index in [0.29, 0.717) is 5.91 Å². The van der Waals surface area contributed by atoms with Crippen molar-refractivity contribution in [1.82, 2.24) is 10.3 Å². The summed E-state index contributed by atoms with van der Waals surface area (Å²) >= 11 is 0. The maximum Gasteiger partial charge on any atom is 0.229 e. The lowest BCUT2D eigenvalue weighted by Gasteiger charge is -2.32. The highest BCUT2D eigenvalue weighted by Crippen LogP contribution is 2.48. The van der Waals surface area contributed by atoms with Crippen LogP contribution < -0.4 is 10.4 Å². The standard InChI is InChI=1S/C25H30FN3O/c1-3-12-28(15-17-4-5-17)25(30)21-11-6-18-13-23-22(16(2)24(18)21)14-27-29(23)20-9-7-19(26)8-10-20/h7-10,13-14,16-17,21,27H,3-6,11-12,15H2,1-2H3/t16-,21-/m0/s1. The van der Waals surface area contributed by atoms with Gasteiger partial charge in [0.05, 0.1) is 17.3 Å². The van der Waals surface area contributed by atoms with Crippen molar-refractivity contribution in [1.29, 1.82) is 0 Å². The smallest absolute Gasteiger partial charge is 0.229 e. The molecule has 1 aliphatic heterocycles. The van der Waals surface area contributed by atoms with Crippen LogP contribution in [0.4, 0.5) is 10.1 Å². The van der Waals surface area contributed by atoms with Crippen LogP contribution in [-0.4, -0.2) is 23.9 Å². The van der Waals surface area contributed by atoms with E-state index in [1.54, 1.807) is 12.1 Å². The first kappa shape index (κ1) is 19.4. The van der Waals surface area contributed by atoms with E-state index in [1.807, 2.05) is 11.2 Å². The predicted octanol–water partition coefficient (Wildman–Crippen LogP) is 4.92. The van der Waals surface area contributed by atoms with Crippen molar-refractivity contribution in [2.45, 2.75) is 46.0 Å². The molecule has 5 heteroatoms. The van der Waals surface area contributed by atoms with E-state index in [1.165, 1.54) is 41.7 Å². The lowest BCUT2D eigenvalue weighted by atomic mass is 9.80. The van der Waals surface area contributed by atoms with E-state index < -0.39 is 0 Å². The SMILES string of the molecule is CCCN(CC1CC1)C(=O)[C@H]1CCC2=C1[C@@H](C)C1=CNN(c3ccc(F)cc3)C1=C2. The quantitative estimate of drug-likeness (QED) is 0.727. The number of carbonyl (C=O) groups excluding carboxylic acids is 1. The molecule has 2 atom stereocenters. The second-order valence-corrected chi connectivity index (χ2v) is 9.09. The van der Waals surface area contributed by atoms with Gasteiger partial charge in [-0.15, -0.1) is 0 Å². The molecule has 4 aliphatic rings. The molecule has 0 unspecified atom stereocenters. The summed E-state index contributed by atoms with van der Waals surface area (Å²) in [4.78, 5) is 15.6. The second kappa shape index (κ2) is 7.60. The van der Waals surface area contributed by atoms with Crippen molar-refractivity contribution >= 4 is 11.6 Å². The fourth-order valence-electron chi connectivity index (χ4n) is 5.25. The van der Waals surface area contributed by atoms with Crippen LogP contribution in [0.3, 0.4) is 0 Å². The van der Waals surface area contributed by atoms with Gasteiger partial charge >= 0.3 is 0 Å². The van der Waals surface area contributed by atoms with E-state index in [2.05, 4.69) is 30.2 Å². The highest BCUT2D eigenvalue weighted by molar-refractivity contribution is 5.84. The van der Waals surface area contributed by atoms with E-state index >= 15 is 0 Å². The molecule has 0 spiro atoms. The number of hydrogen-bond donors (Lipinski definition) is 1. The molecule has 30 heavy (non-hydrogen) atoms. The van der Waals surface area contributed by atoms with Crippen molar-refractivity contribution in [2.75, 3.05) is 18.1 Å². The third kappa shape index (κ3) is 3.34. The number of carbonyl (C=O) groups is 1. The first-order valence-electron chi connectivity index (χ1n) is 11.3. The van der Waals surface area contributed by atoms with Crippen LogP contribution in [0.1, 0.15) is 46.0 Å². The Morgan fingerprint density at radius 3 is 2.70 bits per heavy atom. The first-order valence-corrected chi connectivity index (χ1v) is 11.3. The Balaban J connectivity index is 1.42. The number of nitrogens with zero attached hydrogens (tertiary/aromatic N) is 2. The molecular weight excluding hydrogens is 377 g/mol. The molecule has 4 nitrogen and oxygen atoms in total. The van der Waals surface area contributed by atoms with Gasteiger partial charge in [-0.05, 0) is 79.5 Å². The van der Waals surface area contributed by atoms with Crippen LogP contribution in [-0.2, 0) is 4.79 Å². The number of hydrazine groups is 1. The maximum atomic E-state index is 13.5. The zero-order chi connectivity index (χ0) is 20.8. The number of fused-ring (bicyclic) bond motifs is 1. The lowest BCUT2D eigenvalue weighted by Crippen LogP contribution is -2.39. The molecular formula is C25H30FN3O. The van der Waals surface area contributed by atoms with E-state index in [0.717, 1.165) is 49.7 Å². The zero-order valence-corrected chi connectivity index (χ0v) is 17.8. The van der Waals surface area contributed by atoms with Crippen molar-refractivity contribution in [3.8, 4) is 0 Å². The monoisotopic (exact) mass is 407 g/mol. The van der Waals surface area contributed by atoms with Gasteiger partial charge in [0.25, 0.3) is 0 Å². The summed E-state index contributed by atoms with van der Waals surface area (Å²) in [5, 5.41) is 2.01. The summed E-state index contributed by atoms with van der Waals surface area (Å²) in [6, 6.07) is 6.55. The highest BCUT2D eigenvalue weighted by atomic mass is 19.1. The minimum absolute atomic E-state index is 0.0128. The Labute approximate surface area is 178 Å². The fourth-order valence-corrected chi connectivity index (χ4v) is 5.25. The van der Waals surface area contributed by atoms with Gasteiger partial charge in [-0.1, -0.05) is 13.8 Å². The van der Waals surface area contributed by atoms with Crippen molar-refractivity contribution in [3.63, 3.8) is 0 Å². The third-order valence-corrected chi connectivity index (χ3v) is 6.94. The molecule has 1 aromatic rings. The molecule has 1 N–H and O–H groups in total. The van der Waals surface area contributed by atoms with E-state index in [-0.39, 0.29) is 17.7 Å². The molecule has 0 bridgehead atoms. The van der Waals surface area contributed by atoms with E-state index in [4.69, 9.17) is 0 Å². The third-order valence-electron chi connectivity index (χ3n) is 6.94. The van der Waals surface area contributed by atoms with Crippen LogP contribution in [0.15, 0.2) is 59.0 Å². The molecule has 0 aromatic heterocycles. The highest BCUT2D eigenvalue weighted by Gasteiger charge is 2.42. The van der Waals surface area contributed by atoms with Crippen LogP contribution >= 0.6 is 0 Å². The molecule has 1 amide bonds. The van der Waals surface area contributed by atoms with Crippen LogP contribution in [0.2, 0.25) is 0 Å². The zero-order valence-electron chi connectivity index (χ0n) is 17.8. The van der Waals surface area contributed by atoms with Crippen LogP contribution in [0.25, 0.3) is 0 Å². The number of rotatable bonds is 6. The van der Waals surface area contributed by atoms with Crippen LogP contribution in [0.5, 0.6) is 0 Å². The topological polar surface area (TPSA) is 35.6 Å². The number of amides is 1. The predicted molar refractivity (Wildman–Crippen MR) is 117 cm³/mol. The molecule has 1 saturated carbocycles. The van der Waals surface area contributed by atoms with Gasteiger partial charge in [0, 0.05) is 30.8 Å². The molecule has 5 rings (SSSR count). The number of halogens is 1. The Hall–Kier alpha value is -2.56. The number of allylic oxidation sites excluding steroid dienone is 3. The normalized spacial score (nSPS) is 24.8. The van der Waals surface area contributed by atoms with Gasteiger partial charge in [0.2, 0.25) is 5.91 Å². The van der Waals surface area contributed by atoms with Crippen molar-refractivity contribution < 1.29 is 9.18 Å². The van der Waals surface area contributed by atoms with Gasteiger partial charge in [0.15, 0.2) is 0 Å². The molecule has 1 aromatic carbocycles. The van der Waals surface area contributed by atoms with Gasteiger partial charge in [-0.2, -0.15) is 0 Å². The molecule has 3 aliphatic carbocycles. The number of nitrogens with one attached hydrogen (secondary N) is 1. The second-order valence-electron chi connectivity index (χ2n) is 9.09. The number of benzene rings is 1. The number of anilines is 1. The summed E-state index contributed by atoms with van der Waals surface area (Å²) in [5.74, 6) is 1.04. The Morgan fingerprint density at radius 2 is 2.00 bits per heavy atom. The average Bonchev–Trinajstić information content (AvgIpc) is 3.29. The molecule has 158 valence electrons. The van der Waals surface area contributed by atoms with Gasteiger partial charge in [0.1, 0.15) is 5.82 Å². The van der Waals surface area contributed by atoms with Crippen molar-refractivity contribution in [3.05, 3.63) is 64.8 Å². The minimum Gasteiger partial charge on any atom is -0.342 e. The summed E-state index contributed by atoms with van der Waals surface area (Å²) in [5.41, 5.74) is 9.20. The van der Waals surface area contributed by atoms with Crippen molar-refractivity contribution in [2.24, 2.45) is 17.8 Å². The summed E-state index contributed by atoms with van der Waals surface area (Å²) < 4.78 is 13.4.